The van der Waals surface area contributed by atoms with Crippen LogP contribution < -0.4 is 0 Å². The van der Waals surface area contributed by atoms with E-state index in [0.717, 1.165) is 16.7 Å². The van der Waals surface area contributed by atoms with E-state index < -0.39 is 5.54 Å². The second-order valence-corrected chi connectivity index (χ2v) is 7.56. The zero-order chi connectivity index (χ0) is 22.4. The van der Waals surface area contributed by atoms with Crippen LogP contribution in [-0.4, -0.2) is 22.1 Å². The van der Waals surface area contributed by atoms with Crippen molar-refractivity contribution in [2.45, 2.75) is 19.4 Å². The van der Waals surface area contributed by atoms with E-state index in [-0.39, 0.29) is 5.97 Å². The van der Waals surface area contributed by atoms with Crippen LogP contribution in [0.3, 0.4) is 0 Å². The van der Waals surface area contributed by atoms with E-state index in [4.69, 9.17) is 4.74 Å². The standard InChI is InChI=1S/C28H26N2O2/c1-3-32-27(31)22(2)19-26-20-30(21-29-26)28(23-13-7-4-8-14-23,24-15-9-5-10-16-24)25-17-11-6-12-18-25/h4-21H,3H2,1-2H3/b22-19+. The first-order valence-corrected chi connectivity index (χ1v) is 10.7. The first kappa shape index (κ1) is 21.3. The Kier molecular flexibility index (Phi) is 6.31. The van der Waals surface area contributed by atoms with Crippen molar-refractivity contribution in [2.24, 2.45) is 0 Å². The fraction of sp³-hybridized carbons (Fsp3) is 0.143. The molecule has 1 heterocycles. The summed E-state index contributed by atoms with van der Waals surface area (Å²) in [5.41, 5.74) is 3.94. The van der Waals surface area contributed by atoms with Crippen molar-refractivity contribution in [1.82, 2.24) is 9.55 Å². The number of carbonyl (C=O) groups is 1. The third-order valence-corrected chi connectivity index (χ3v) is 5.53. The van der Waals surface area contributed by atoms with Gasteiger partial charge in [0.2, 0.25) is 0 Å². The third kappa shape index (κ3) is 4.00. The molecule has 4 nitrogen and oxygen atoms in total. The Morgan fingerprint density at radius 2 is 1.34 bits per heavy atom. The van der Waals surface area contributed by atoms with Gasteiger partial charge in [-0.05, 0) is 36.6 Å². The van der Waals surface area contributed by atoms with Gasteiger partial charge in [-0.1, -0.05) is 91.0 Å². The molecule has 32 heavy (non-hydrogen) atoms. The minimum atomic E-state index is -0.624. The van der Waals surface area contributed by atoms with Crippen molar-refractivity contribution >= 4 is 12.0 Å². The minimum Gasteiger partial charge on any atom is -0.463 e. The van der Waals surface area contributed by atoms with Crippen LogP contribution in [-0.2, 0) is 15.1 Å². The average molecular weight is 423 g/mol. The summed E-state index contributed by atoms with van der Waals surface area (Å²) in [4.78, 5) is 16.7. The summed E-state index contributed by atoms with van der Waals surface area (Å²) in [6, 6.07) is 31.2. The van der Waals surface area contributed by atoms with Gasteiger partial charge < -0.3 is 9.30 Å². The molecule has 4 rings (SSSR count). The molecule has 0 spiro atoms. The molecule has 3 aromatic carbocycles. The van der Waals surface area contributed by atoms with Gasteiger partial charge >= 0.3 is 5.97 Å². The minimum absolute atomic E-state index is 0.331. The fourth-order valence-corrected chi connectivity index (χ4v) is 4.11. The van der Waals surface area contributed by atoms with Crippen LogP contribution in [0.2, 0.25) is 0 Å². The van der Waals surface area contributed by atoms with Crippen molar-refractivity contribution in [3.05, 3.63) is 131 Å². The van der Waals surface area contributed by atoms with Crippen LogP contribution >= 0.6 is 0 Å². The van der Waals surface area contributed by atoms with Gasteiger partial charge in [0.25, 0.3) is 0 Å². The molecule has 0 saturated heterocycles. The second kappa shape index (κ2) is 9.48. The first-order chi connectivity index (χ1) is 15.7. The number of rotatable bonds is 7. The maximum Gasteiger partial charge on any atom is 0.333 e. The van der Waals surface area contributed by atoms with Crippen molar-refractivity contribution in [1.29, 1.82) is 0 Å². The maximum absolute atomic E-state index is 12.1. The zero-order valence-electron chi connectivity index (χ0n) is 18.3. The van der Waals surface area contributed by atoms with Crippen molar-refractivity contribution in [3.63, 3.8) is 0 Å². The Labute approximate surface area is 188 Å². The summed E-state index contributed by atoms with van der Waals surface area (Å²) < 4.78 is 7.24. The number of esters is 1. The molecule has 0 bridgehead atoms. The van der Waals surface area contributed by atoms with Gasteiger partial charge in [0.1, 0.15) is 5.54 Å². The summed E-state index contributed by atoms with van der Waals surface area (Å²) >= 11 is 0. The van der Waals surface area contributed by atoms with Crippen molar-refractivity contribution in [2.75, 3.05) is 6.61 Å². The molecular weight excluding hydrogens is 396 g/mol. The SMILES string of the molecule is CCOC(=O)/C(C)=C/c1cn(C(c2ccccc2)(c2ccccc2)c2ccccc2)cn1. The topological polar surface area (TPSA) is 44.1 Å². The lowest BCUT2D eigenvalue weighted by molar-refractivity contribution is -0.138. The van der Waals surface area contributed by atoms with E-state index in [9.17, 15) is 4.79 Å². The molecule has 0 unspecified atom stereocenters. The number of carbonyl (C=O) groups excluding carboxylic acids is 1. The van der Waals surface area contributed by atoms with E-state index in [1.807, 2.05) is 30.7 Å². The van der Waals surface area contributed by atoms with Crippen LogP contribution in [0.25, 0.3) is 6.08 Å². The summed E-state index contributed by atoms with van der Waals surface area (Å²) in [6.45, 7) is 3.89. The zero-order valence-corrected chi connectivity index (χ0v) is 18.3. The molecular formula is C28H26N2O2. The monoisotopic (exact) mass is 422 g/mol. The maximum atomic E-state index is 12.1. The molecule has 0 aliphatic rings. The number of imidazole rings is 1. The van der Waals surface area contributed by atoms with Crippen LogP contribution in [0.15, 0.2) is 109 Å². The fourth-order valence-electron chi connectivity index (χ4n) is 4.11. The van der Waals surface area contributed by atoms with Gasteiger partial charge in [0.15, 0.2) is 0 Å². The molecule has 0 aliphatic heterocycles. The molecule has 0 aliphatic carbocycles. The highest BCUT2D eigenvalue weighted by molar-refractivity contribution is 5.92. The molecule has 0 fully saturated rings. The largest absolute Gasteiger partial charge is 0.463 e. The van der Waals surface area contributed by atoms with E-state index in [2.05, 4.69) is 82.3 Å². The second-order valence-electron chi connectivity index (χ2n) is 7.56. The Morgan fingerprint density at radius 3 is 1.78 bits per heavy atom. The predicted octanol–water partition coefficient (Wildman–Crippen LogP) is 5.69. The lowest BCUT2D eigenvalue weighted by Crippen LogP contribution is -2.36. The lowest BCUT2D eigenvalue weighted by atomic mass is 9.77. The predicted molar refractivity (Wildman–Crippen MR) is 127 cm³/mol. The molecule has 0 N–H and O–H groups in total. The normalized spacial score (nSPS) is 11.9. The molecule has 0 radical (unpaired) electrons. The summed E-state index contributed by atoms with van der Waals surface area (Å²) in [5, 5.41) is 0. The van der Waals surface area contributed by atoms with Crippen molar-refractivity contribution < 1.29 is 9.53 Å². The Balaban J connectivity index is 1.95. The molecule has 0 amide bonds. The van der Waals surface area contributed by atoms with E-state index in [1.165, 1.54) is 0 Å². The van der Waals surface area contributed by atoms with E-state index in [1.54, 1.807) is 19.9 Å². The number of hydrogen-bond donors (Lipinski definition) is 0. The van der Waals surface area contributed by atoms with Gasteiger partial charge in [-0.15, -0.1) is 0 Å². The van der Waals surface area contributed by atoms with Gasteiger partial charge in [-0.25, -0.2) is 9.78 Å². The summed E-state index contributed by atoms with van der Waals surface area (Å²) in [5.74, 6) is -0.331. The lowest BCUT2D eigenvalue weighted by Gasteiger charge is -2.37. The number of hydrogen-bond acceptors (Lipinski definition) is 3. The van der Waals surface area contributed by atoms with E-state index in [0.29, 0.717) is 17.9 Å². The first-order valence-electron chi connectivity index (χ1n) is 10.7. The van der Waals surface area contributed by atoms with Crippen LogP contribution in [0.4, 0.5) is 0 Å². The van der Waals surface area contributed by atoms with Crippen LogP contribution in [0.1, 0.15) is 36.2 Å². The van der Waals surface area contributed by atoms with Crippen molar-refractivity contribution in [3.8, 4) is 0 Å². The Morgan fingerprint density at radius 1 is 0.875 bits per heavy atom. The van der Waals surface area contributed by atoms with Gasteiger partial charge in [0, 0.05) is 11.8 Å². The summed E-state index contributed by atoms with van der Waals surface area (Å²) in [7, 11) is 0. The number of benzene rings is 3. The number of aromatic nitrogens is 2. The molecule has 4 aromatic rings. The Bertz CT molecular complexity index is 1100. The number of nitrogens with zero attached hydrogens (tertiary/aromatic N) is 2. The summed E-state index contributed by atoms with van der Waals surface area (Å²) in [6.07, 6.45) is 5.58. The van der Waals surface area contributed by atoms with E-state index >= 15 is 0 Å². The highest BCUT2D eigenvalue weighted by Crippen LogP contribution is 2.40. The highest BCUT2D eigenvalue weighted by Gasteiger charge is 2.38. The highest BCUT2D eigenvalue weighted by atomic mass is 16.5. The average Bonchev–Trinajstić information content (AvgIpc) is 3.30. The van der Waals surface area contributed by atoms with Crippen LogP contribution in [0, 0.1) is 0 Å². The number of ether oxygens (including phenoxy) is 1. The molecule has 4 heteroatoms. The molecule has 160 valence electrons. The molecule has 0 saturated carbocycles. The Hall–Kier alpha value is -3.92. The molecule has 0 atom stereocenters. The van der Waals surface area contributed by atoms with Gasteiger partial charge in [-0.2, -0.15) is 0 Å². The van der Waals surface area contributed by atoms with Gasteiger partial charge in [0.05, 0.1) is 18.6 Å². The molecule has 1 aromatic heterocycles. The smallest absolute Gasteiger partial charge is 0.333 e. The van der Waals surface area contributed by atoms with Crippen LogP contribution in [0.5, 0.6) is 0 Å². The van der Waals surface area contributed by atoms with Gasteiger partial charge in [-0.3, -0.25) is 0 Å². The third-order valence-electron chi connectivity index (χ3n) is 5.53. The quantitative estimate of drug-likeness (QED) is 0.218.